The zero-order valence-corrected chi connectivity index (χ0v) is 19.7. The Labute approximate surface area is 205 Å². The summed E-state index contributed by atoms with van der Waals surface area (Å²) in [5, 5.41) is 10.8. The minimum atomic E-state index is -4.76. The number of alkyl halides is 3. The highest BCUT2D eigenvalue weighted by Crippen LogP contribution is 2.38. The summed E-state index contributed by atoms with van der Waals surface area (Å²) in [6.45, 7) is 2.42. The lowest BCUT2D eigenvalue weighted by Gasteiger charge is -2.30. The SMILES string of the molecule is CN1C(C(=O)N2C[C@@H]3CN(C(=O)[C@@H]4CCc5[nH]nnc5C4)C[C@H]3C2)=CC2C=C(OC(F)(F)F)C=CC21. The molecule has 0 radical (unpaired) electrons. The van der Waals surface area contributed by atoms with Crippen molar-refractivity contribution in [2.45, 2.75) is 31.7 Å². The number of carbonyl (C=O) groups excluding carboxylic acids is 2. The number of allylic oxidation sites excluding steroid dienone is 1. The van der Waals surface area contributed by atoms with Crippen molar-refractivity contribution in [3.8, 4) is 0 Å². The first kappa shape index (κ1) is 23.1. The van der Waals surface area contributed by atoms with Crippen LogP contribution in [0.1, 0.15) is 17.8 Å². The van der Waals surface area contributed by atoms with Crippen molar-refractivity contribution < 1.29 is 27.5 Å². The first-order valence-corrected chi connectivity index (χ1v) is 12.2. The first-order valence-electron chi connectivity index (χ1n) is 12.2. The Kier molecular flexibility index (Phi) is 5.38. The standard InChI is InChI=1S/C24H27F3N6O3/c1-31-20-5-3-17(36-24(25,26)27)6-14(20)8-21(31)23(35)33-11-15-9-32(10-16(15)12-33)22(34)13-2-4-18-19(7-13)29-30-28-18/h3,5-6,8,13-16,20H,2,4,7,9-12H2,1H3,(H,28,29,30)/t13-,14?,15+,16+,20?/m1/s1. The molecule has 12 heteroatoms. The Morgan fingerprint density at radius 1 is 1.11 bits per heavy atom. The Morgan fingerprint density at radius 2 is 1.83 bits per heavy atom. The Morgan fingerprint density at radius 3 is 2.56 bits per heavy atom. The average Bonchev–Trinajstić information content (AvgIpc) is 3.59. The molecule has 0 bridgehead atoms. The van der Waals surface area contributed by atoms with Gasteiger partial charge in [-0.05, 0) is 31.1 Å². The predicted molar refractivity (Wildman–Crippen MR) is 120 cm³/mol. The topological polar surface area (TPSA) is 94.7 Å². The molecule has 0 spiro atoms. The molecule has 1 aromatic rings. The molecule has 2 unspecified atom stereocenters. The Hall–Kier alpha value is -3.31. The van der Waals surface area contributed by atoms with Crippen LogP contribution in [0.15, 0.2) is 35.8 Å². The number of aromatic amines is 1. The largest absolute Gasteiger partial charge is 0.573 e. The second kappa shape index (κ2) is 8.38. The first-order chi connectivity index (χ1) is 17.2. The Bertz CT molecular complexity index is 1160. The molecule has 2 saturated heterocycles. The molecule has 2 aliphatic carbocycles. The van der Waals surface area contributed by atoms with Crippen molar-refractivity contribution in [3.05, 3.63) is 47.1 Å². The van der Waals surface area contributed by atoms with E-state index >= 15 is 0 Å². The van der Waals surface area contributed by atoms with Gasteiger partial charge in [0.1, 0.15) is 5.76 Å². The summed E-state index contributed by atoms with van der Waals surface area (Å²) in [4.78, 5) is 32.1. The zero-order chi connectivity index (χ0) is 25.2. The number of likely N-dealkylation sites (N-methyl/N-ethyl adjacent to an activating group) is 1. The Balaban J connectivity index is 1.07. The number of nitrogens with zero attached hydrogens (tertiary/aromatic N) is 5. The third-order valence-corrected chi connectivity index (χ3v) is 8.16. The number of carbonyl (C=O) groups is 2. The quantitative estimate of drug-likeness (QED) is 0.673. The highest BCUT2D eigenvalue weighted by atomic mass is 19.4. The van der Waals surface area contributed by atoms with E-state index < -0.39 is 6.36 Å². The monoisotopic (exact) mass is 504 g/mol. The van der Waals surface area contributed by atoms with Crippen LogP contribution in [0.2, 0.25) is 0 Å². The molecule has 2 amide bonds. The molecule has 36 heavy (non-hydrogen) atoms. The molecule has 6 rings (SSSR count). The summed E-state index contributed by atoms with van der Waals surface area (Å²) in [6, 6.07) is -0.222. The normalized spacial score (nSPS) is 31.1. The summed E-state index contributed by atoms with van der Waals surface area (Å²) in [5.74, 6) is -0.214. The van der Waals surface area contributed by atoms with Crippen LogP contribution in [0.3, 0.4) is 0 Å². The van der Waals surface area contributed by atoms with Crippen molar-refractivity contribution in [3.63, 3.8) is 0 Å². The number of amides is 2. The minimum Gasteiger partial charge on any atom is -0.406 e. The van der Waals surface area contributed by atoms with Crippen LogP contribution >= 0.6 is 0 Å². The number of halogens is 3. The van der Waals surface area contributed by atoms with Gasteiger partial charge >= 0.3 is 6.36 Å². The van der Waals surface area contributed by atoms with Crippen LogP contribution in [0, 0.1) is 23.7 Å². The van der Waals surface area contributed by atoms with E-state index in [0.29, 0.717) is 38.3 Å². The molecule has 1 N–H and O–H groups in total. The maximum absolute atomic E-state index is 13.4. The molecule has 1 aromatic heterocycles. The summed E-state index contributed by atoms with van der Waals surface area (Å²) < 4.78 is 41.8. The fourth-order valence-corrected chi connectivity index (χ4v) is 6.34. The number of rotatable bonds is 3. The van der Waals surface area contributed by atoms with E-state index in [4.69, 9.17) is 0 Å². The summed E-state index contributed by atoms with van der Waals surface area (Å²) >= 11 is 0. The van der Waals surface area contributed by atoms with Gasteiger partial charge in [0, 0.05) is 63.3 Å². The number of likely N-dealkylation sites (tertiary alicyclic amines) is 2. The van der Waals surface area contributed by atoms with Gasteiger partial charge in [0.25, 0.3) is 5.91 Å². The molecular weight excluding hydrogens is 477 g/mol. The van der Waals surface area contributed by atoms with Gasteiger partial charge in [-0.15, -0.1) is 18.3 Å². The molecule has 0 saturated carbocycles. The van der Waals surface area contributed by atoms with Crippen LogP contribution < -0.4 is 0 Å². The van der Waals surface area contributed by atoms with Gasteiger partial charge in [0.2, 0.25) is 5.91 Å². The smallest absolute Gasteiger partial charge is 0.406 e. The van der Waals surface area contributed by atoms with Crippen LogP contribution in [-0.2, 0) is 27.2 Å². The summed E-state index contributed by atoms with van der Waals surface area (Å²) in [5.41, 5.74) is 2.39. The highest BCUT2D eigenvalue weighted by molar-refractivity contribution is 5.94. The van der Waals surface area contributed by atoms with Crippen LogP contribution in [0.25, 0.3) is 0 Å². The third kappa shape index (κ3) is 4.05. The van der Waals surface area contributed by atoms with Crippen molar-refractivity contribution in [1.82, 2.24) is 30.1 Å². The van der Waals surface area contributed by atoms with Crippen LogP contribution in [0.4, 0.5) is 13.2 Å². The number of fused-ring (bicyclic) bond motifs is 3. The van der Waals surface area contributed by atoms with Crippen molar-refractivity contribution in [2.75, 3.05) is 33.2 Å². The molecule has 2 fully saturated rings. The van der Waals surface area contributed by atoms with Gasteiger partial charge < -0.3 is 19.4 Å². The summed E-state index contributed by atoms with van der Waals surface area (Å²) in [6.07, 6.45) is 3.49. The lowest BCUT2D eigenvalue weighted by molar-refractivity contribution is -0.303. The van der Waals surface area contributed by atoms with E-state index in [1.165, 1.54) is 12.2 Å². The molecule has 192 valence electrons. The van der Waals surface area contributed by atoms with Gasteiger partial charge in [0.05, 0.1) is 23.1 Å². The van der Waals surface area contributed by atoms with Gasteiger partial charge in [-0.1, -0.05) is 11.3 Å². The van der Waals surface area contributed by atoms with Crippen LogP contribution in [-0.4, -0.2) is 87.6 Å². The van der Waals surface area contributed by atoms with Crippen LogP contribution in [0.5, 0.6) is 0 Å². The number of hydrogen-bond donors (Lipinski definition) is 1. The van der Waals surface area contributed by atoms with Gasteiger partial charge in [0.15, 0.2) is 0 Å². The van der Waals surface area contributed by atoms with Crippen molar-refractivity contribution >= 4 is 11.8 Å². The fraction of sp³-hybridized carbons (Fsp3) is 0.583. The molecule has 3 aliphatic heterocycles. The summed E-state index contributed by atoms with van der Waals surface area (Å²) in [7, 11) is 1.78. The van der Waals surface area contributed by atoms with Gasteiger partial charge in [-0.25, -0.2) is 0 Å². The van der Waals surface area contributed by atoms with Gasteiger partial charge in [-0.3, -0.25) is 14.7 Å². The lowest BCUT2D eigenvalue weighted by Crippen LogP contribution is -2.41. The second-order valence-electron chi connectivity index (χ2n) is 10.4. The number of hydrogen-bond acceptors (Lipinski definition) is 6. The number of aromatic nitrogens is 3. The number of H-pyrrole nitrogens is 1. The fourth-order valence-electron chi connectivity index (χ4n) is 6.34. The minimum absolute atomic E-state index is 0.0767. The molecular formula is C24H27F3N6O3. The maximum atomic E-state index is 13.4. The second-order valence-corrected chi connectivity index (χ2v) is 10.4. The van der Waals surface area contributed by atoms with E-state index in [0.717, 1.165) is 24.2 Å². The number of nitrogens with one attached hydrogen (secondary N) is 1. The predicted octanol–water partition coefficient (Wildman–Crippen LogP) is 1.63. The third-order valence-electron chi connectivity index (χ3n) is 8.16. The molecule has 4 heterocycles. The van der Waals surface area contributed by atoms with Crippen molar-refractivity contribution in [2.24, 2.45) is 23.7 Å². The molecule has 0 aromatic carbocycles. The lowest BCUT2D eigenvalue weighted by atomic mass is 9.89. The molecule has 5 atom stereocenters. The van der Waals surface area contributed by atoms with E-state index in [1.54, 1.807) is 19.2 Å². The number of aryl methyl sites for hydroxylation is 1. The van der Waals surface area contributed by atoms with E-state index in [9.17, 15) is 22.8 Å². The van der Waals surface area contributed by atoms with E-state index in [-0.39, 0.29) is 47.3 Å². The maximum Gasteiger partial charge on any atom is 0.573 e. The van der Waals surface area contributed by atoms with E-state index in [2.05, 4.69) is 20.1 Å². The highest BCUT2D eigenvalue weighted by Gasteiger charge is 2.46. The van der Waals surface area contributed by atoms with Crippen molar-refractivity contribution in [1.29, 1.82) is 0 Å². The molecule has 9 nitrogen and oxygen atoms in total. The van der Waals surface area contributed by atoms with E-state index in [1.807, 2.05) is 14.7 Å². The zero-order valence-electron chi connectivity index (χ0n) is 19.7. The molecule has 5 aliphatic rings. The number of ether oxygens (including phenoxy) is 1. The average molecular weight is 505 g/mol. The van der Waals surface area contributed by atoms with Gasteiger partial charge in [-0.2, -0.15) is 0 Å².